The summed E-state index contributed by atoms with van der Waals surface area (Å²) in [5, 5.41) is 14.4. The minimum atomic E-state index is -3.48. The Labute approximate surface area is 241 Å². The van der Waals surface area contributed by atoms with Gasteiger partial charge in [0.25, 0.3) is 5.91 Å². The predicted molar refractivity (Wildman–Crippen MR) is 155 cm³/mol. The van der Waals surface area contributed by atoms with Crippen molar-refractivity contribution in [2.45, 2.75) is 55.5 Å². The molecule has 10 nitrogen and oxygen atoms in total. The molecule has 6 rings (SSSR count). The normalized spacial score (nSPS) is 19.2. The van der Waals surface area contributed by atoms with Crippen LogP contribution in [-0.4, -0.2) is 51.7 Å². The largest absolute Gasteiger partial charge is 0.379 e. The third kappa shape index (κ3) is 6.13. The third-order valence-electron chi connectivity index (χ3n) is 7.48. The molecular formula is C28H29ClFN7O3S. The Hall–Kier alpha value is -3.77. The van der Waals surface area contributed by atoms with Crippen LogP contribution in [0.5, 0.6) is 0 Å². The molecule has 0 bridgehead atoms. The van der Waals surface area contributed by atoms with Crippen LogP contribution in [0.25, 0.3) is 5.65 Å². The Bertz CT molecular complexity index is 1700. The Morgan fingerprint density at radius 1 is 1.00 bits per heavy atom. The molecule has 2 saturated carbocycles. The summed E-state index contributed by atoms with van der Waals surface area (Å²) in [5.41, 5.74) is 1.42. The standard InChI is InChI=1S/C28H29ClFN7O3S/c29-20-3-1-2-4-25(20)41(39,40)16-17-5-7-19(8-6-17)34-26-13-23(33-18-9-10-18)27-32-15-24(37(27)36-26)28(38)35-22-11-12-31-14-21(22)30/h1-4,11-15,17-19,33H,5-10,16H2,(H,34,36)(H,31,35,38). The lowest BCUT2D eigenvalue weighted by molar-refractivity contribution is 0.102. The van der Waals surface area contributed by atoms with Crippen LogP contribution < -0.4 is 16.0 Å². The zero-order chi connectivity index (χ0) is 28.6. The number of pyridine rings is 1. The maximum absolute atomic E-state index is 14.1. The minimum Gasteiger partial charge on any atom is -0.379 e. The van der Waals surface area contributed by atoms with Gasteiger partial charge in [-0.25, -0.2) is 22.3 Å². The van der Waals surface area contributed by atoms with Crippen molar-refractivity contribution in [1.82, 2.24) is 19.6 Å². The summed E-state index contributed by atoms with van der Waals surface area (Å²) in [6.45, 7) is 0. The van der Waals surface area contributed by atoms with Crippen LogP contribution in [-0.2, 0) is 9.84 Å². The van der Waals surface area contributed by atoms with E-state index in [0.29, 0.717) is 17.5 Å². The first-order chi connectivity index (χ1) is 19.8. The average molecular weight is 598 g/mol. The molecule has 0 atom stereocenters. The maximum atomic E-state index is 14.1. The van der Waals surface area contributed by atoms with E-state index in [2.05, 4.69) is 31.0 Å². The minimum absolute atomic E-state index is 0.0128. The third-order valence-corrected chi connectivity index (χ3v) is 9.86. The number of amides is 1. The fraction of sp³-hybridized carbons (Fsp3) is 0.357. The quantitative estimate of drug-likeness (QED) is 0.240. The molecule has 1 amide bonds. The van der Waals surface area contributed by atoms with Crippen molar-refractivity contribution in [1.29, 1.82) is 0 Å². The number of sulfone groups is 1. The highest BCUT2D eigenvalue weighted by Crippen LogP contribution is 2.33. The van der Waals surface area contributed by atoms with Crippen molar-refractivity contribution >= 4 is 50.2 Å². The summed E-state index contributed by atoms with van der Waals surface area (Å²) < 4.78 is 41.5. The summed E-state index contributed by atoms with van der Waals surface area (Å²) in [5.74, 6) is -0.528. The highest BCUT2D eigenvalue weighted by molar-refractivity contribution is 7.91. The molecule has 1 aromatic carbocycles. The number of carbonyl (C=O) groups is 1. The van der Waals surface area contributed by atoms with Crippen molar-refractivity contribution in [3.05, 3.63) is 71.5 Å². The van der Waals surface area contributed by atoms with Crippen molar-refractivity contribution in [2.75, 3.05) is 21.7 Å². The van der Waals surface area contributed by atoms with Gasteiger partial charge in [-0.15, -0.1) is 5.10 Å². The second-order valence-corrected chi connectivity index (χ2v) is 13.0. The molecule has 0 aliphatic heterocycles. The molecule has 3 heterocycles. The molecule has 2 aliphatic rings. The SMILES string of the molecule is O=C(Nc1ccncc1F)c1cnc2c(NC3CC3)cc(NC3CCC(CS(=O)(=O)c4ccccc4Cl)CC3)nn12. The van der Waals surface area contributed by atoms with Gasteiger partial charge in [0.15, 0.2) is 27.0 Å². The maximum Gasteiger partial charge on any atom is 0.276 e. The van der Waals surface area contributed by atoms with E-state index in [4.69, 9.17) is 11.6 Å². The molecule has 3 N–H and O–H groups in total. The molecule has 13 heteroatoms. The summed E-state index contributed by atoms with van der Waals surface area (Å²) in [6.07, 6.45) is 8.97. The molecule has 2 fully saturated rings. The lowest BCUT2D eigenvalue weighted by Crippen LogP contribution is -2.30. The molecule has 41 heavy (non-hydrogen) atoms. The highest BCUT2D eigenvalue weighted by Gasteiger charge is 2.29. The van der Waals surface area contributed by atoms with E-state index in [1.165, 1.54) is 23.0 Å². The van der Waals surface area contributed by atoms with Crippen molar-refractivity contribution in [3.8, 4) is 0 Å². The molecule has 214 valence electrons. The van der Waals surface area contributed by atoms with Crippen molar-refractivity contribution < 1.29 is 17.6 Å². The number of hydrogen-bond donors (Lipinski definition) is 3. The number of hydrogen-bond acceptors (Lipinski definition) is 8. The van der Waals surface area contributed by atoms with Gasteiger partial charge in [-0.05, 0) is 62.6 Å². The summed E-state index contributed by atoms with van der Waals surface area (Å²) in [7, 11) is -3.48. The second-order valence-electron chi connectivity index (χ2n) is 10.6. The number of nitrogens with one attached hydrogen (secondary N) is 3. The van der Waals surface area contributed by atoms with Crippen LogP contribution in [0, 0.1) is 11.7 Å². The van der Waals surface area contributed by atoms with Crippen LogP contribution in [0.1, 0.15) is 49.0 Å². The molecule has 4 aromatic rings. The Balaban J connectivity index is 1.17. The second kappa shape index (κ2) is 11.2. The zero-order valence-electron chi connectivity index (χ0n) is 22.1. The fourth-order valence-corrected chi connectivity index (χ4v) is 7.46. The number of benzene rings is 1. The number of imidazole rings is 1. The lowest BCUT2D eigenvalue weighted by atomic mass is 9.87. The van der Waals surface area contributed by atoms with Crippen LogP contribution >= 0.6 is 11.6 Å². The monoisotopic (exact) mass is 597 g/mol. The lowest BCUT2D eigenvalue weighted by Gasteiger charge is -2.29. The number of nitrogens with zero attached hydrogens (tertiary/aromatic N) is 4. The Morgan fingerprint density at radius 3 is 2.46 bits per heavy atom. The summed E-state index contributed by atoms with van der Waals surface area (Å²) in [4.78, 5) is 21.4. The van der Waals surface area contributed by atoms with E-state index in [9.17, 15) is 17.6 Å². The highest BCUT2D eigenvalue weighted by atomic mass is 35.5. The van der Waals surface area contributed by atoms with Gasteiger partial charge in [0.1, 0.15) is 5.82 Å². The first-order valence-electron chi connectivity index (χ1n) is 13.6. The van der Waals surface area contributed by atoms with Gasteiger partial charge in [0, 0.05) is 24.3 Å². The number of anilines is 3. The topological polar surface area (TPSA) is 130 Å². The van der Waals surface area contributed by atoms with Gasteiger partial charge in [-0.2, -0.15) is 0 Å². The molecule has 3 aromatic heterocycles. The number of fused-ring (bicyclic) bond motifs is 1. The first-order valence-corrected chi connectivity index (χ1v) is 15.6. The van der Waals surface area contributed by atoms with Crippen LogP contribution in [0.4, 0.5) is 21.6 Å². The van der Waals surface area contributed by atoms with Crippen molar-refractivity contribution in [2.24, 2.45) is 5.92 Å². The first kappa shape index (κ1) is 27.4. The van der Waals surface area contributed by atoms with E-state index in [1.54, 1.807) is 24.3 Å². The number of aromatic nitrogens is 4. The van der Waals surface area contributed by atoms with Crippen molar-refractivity contribution in [3.63, 3.8) is 0 Å². The van der Waals surface area contributed by atoms with Crippen LogP contribution in [0.2, 0.25) is 5.02 Å². The number of carbonyl (C=O) groups excluding carboxylic acids is 1. The molecule has 0 saturated heterocycles. The van der Waals surface area contributed by atoms with Gasteiger partial charge in [-0.3, -0.25) is 9.78 Å². The molecule has 0 spiro atoms. The van der Waals surface area contributed by atoms with Gasteiger partial charge >= 0.3 is 0 Å². The summed E-state index contributed by atoms with van der Waals surface area (Å²) >= 11 is 6.15. The van der Waals surface area contributed by atoms with E-state index in [0.717, 1.165) is 50.4 Å². The molecule has 2 aliphatic carbocycles. The van der Waals surface area contributed by atoms with E-state index in [-0.39, 0.29) is 39.0 Å². The van der Waals surface area contributed by atoms with Gasteiger partial charge < -0.3 is 16.0 Å². The average Bonchev–Trinajstić information content (AvgIpc) is 3.66. The van der Waals surface area contributed by atoms with Gasteiger partial charge in [0.05, 0.1) is 39.4 Å². The number of halogens is 2. The zero-order valence-corrected chi connectivity index (χ0v) is 23.6. The van der Waals surface area contributed by atoms with Gasteiger partial charge in [0.2, 0.25) is 0 Å². The predicted octanol–water partition coefficient (Wildman–Crippen LogP) is 5.19. The smallest absolute Gasteiger partial charge is 0.276 e. The fourth-order valence-electron chi connectivity index (χ4n) is 5.19. The summed E-state index contributed by atoms with van der Waals surface area (Å²) in [6, 6.07) is 10.2. The molecule has 0 unspecified atom stereocenters. The van der Waals surface area contributed by atoms with Crippen LogP contribution in [0.15, 0.2) is 59.9 Å². The van der Waals surface area contributed by atoms with Gasteiger partial charge in [-0.1, -0.05) is 23.7 Å². The number of rotatable bonds is 9. The Morgan fingerprint density at radius 2 is 1.73 bits per heavy atom. The van der Waals surface area contributed by atoms with E-state index >= 15 is 0 Å². The van der Waals surface area contributed by atoms with E-state index in [1.807, 2.05) is 6.07 Å². The molecular weight excluding hydrogens is 569 g/mol. The molecule has 0 radical (unpaired) electrons. The van der Waals surface area contributed by atoms with E-state index < -0.39 is 21.6 Å². The van der Waals surface area contributed by atoms with Crippen LogP contribution in [0.3, 0.4) is 0 Å². The Kier molecular flexibility index (Phi) is 7.52.